The van der Waals surface area contributed by atoms with Gasteiger partial charge in [0.05, 0.1) is 12.2 Å². The molecule has 0 unspecified atom stereocenters. The fraction of sp³-hybridized carbons (Fsp3) is 0.667. The smallest absolute Gasteiger partial charge is 0.341 e. The van der Waals surface area contributed by atoms with Gasteiger partial charge in [0.25, 0.3) is 5.91 Å². The molecule has 3 atom stereocenters. The lowest BCUT2D eigenvalue weighted by atomic mass is 9.86. The minimum atomic E-state index is -0.438. The first-order valence-corrected chi connectivity index (χ1v) is 11.0. The summed E-state index contributed by atoms with van der Waals surface area (Å²) in [6.07, 6.45) is 5.94. The third-order valence-electron chi connectivity index (χ3n) is 5.97. The van der Waals surface area contributed by atoms with Gasteiger partial charge in [-0.2, -0.15) is 0 Å². The molecule has 0 aliphatic heterocycles. The number of amides is 1. The van der Waals surface area contributed by atoms with Crippen LogP contribution in [-0.4, -0.2) is 31.1 Å². The van der Waals surface area contributed by atoms with Crippen molar-refractivity contribution in [1.82, 2.24) is 0 Å². The van der Waals surface area contributed by atoms with E-state index in [-0.39, 0.29) is 19.2 Å². The molecular weight excluding hydrogens is 378 g/mol. The summed E-state index contributed by atoms with van der Waals surface area (Å²) in [5, 5.41) is 3.18. The number of hydrogen-bond acceptors (Lipinski definition) is 6. The summed E-state index contributed by atoms with van der Waals surface area (Å²) < 4.78 is 10.3. The molecule has 1 amide bonds. The average molecular weight is 408 g/mol. The summed E-state index contributed by atoms with van der Waals surface area (Å²) >= 11 is 1.34. The number of nitrogens with one attached hydrogen (secondary N) is 1. The van der Waals surface area contributed by atoms with Gasteiger partial charge in [-0.15, -0.1) is 11.3 Å². The molecule has 1 heterocycles. The lowest BCUT2D eigenvalue weighted by Gasteiger charge is -2.20. The van der Waals surface area contributed by atoms with Crippen molar-refractivity contribution in [2.45, 2.75) is 59.3 Å². The van der Waals surface area contributed by atoms with Crippen molar-refractivity contribution in [3.63, 3.8) is 0 Å². The van der Waals surface area contributed by atoms with E-state index in [1.807, 2.05) is 13.8 Å². The van der Waals surface area contributed by atoms with Gasteiger partial charge in [-0.1, -0.05) is 13.3 Å². The number of aryl methyl sites for hydroxylation is 1. The number of carbonyl (C=O) groups excluding carboxylic acids is 3. The van der Waals surface area contributed by atoms with E-state index in [4.69, 9.17) is 9.47 Å². The van der Waals surface area contributed by atoms with Crippen LogP contribution in [-0.2, 0) is 25.5 Å². The maximum absolute atomic E-state index is 12.3. The van der Waals surface area contributed by atoms with Crippen LogP contribution in [0.25, 0.3) is 0 Å². The van der Waals surface area contributed by atoms with Gasteiger partial charge in [-0.25, -0.2) is 4.79 Å². The molecule has 0 spiro atoms. The van der Waals surface area contributed by atoms with Gasteiger partial charge in [-0.05, 0) is 62.8 Å². The van der Waals surface area contributed by atoms with Gasteiger partial charge < -0.3 is 14.8 Å². The van der Waals surface area contributed by atoms with Crippen molar-refractivity contribution < 1.29 is 23.9 Å². The van der Waals surface area contributed by atoms with Crippen LogP contribution in [0.2, 0.25) is 0 Å². The van der Waals surface area contributed by atoms with Gasteiger partial charge in [0, 0.05) is 11.3 Å². The molecule has 6 nitrogen and oxygen atoms in total. The van der Waals surface area contributed by atoms with Gasteiger partial charge in [0.15, 0.2) is 6.61 Å². The lowest BCUT2D eigenvalue weighted by molar-refractivity contribution is -0.148. The van der Waals surface area contributed by atoms with Crippen LogP contribution in [0, 0.1) is 24.7 Å². The summed E-state index contributed by atoms with van der Waals surface area (Å²) in [7, 11) is 0. The number of thiophene rings is 1. The Kier molecular flexibility index (Phi) is 6.75. The predicted molar refractivity (Wildman–Crippen MR) is 108 cm³/mol. The number of carbonyl (C=O) groups is 3. The zero-order valence-electron chi connectivity index (χ0n) is 16.8. The van der Waals surface area contributed by atoms with E-state index < -0.39 is 11.9 Å². The minimum Gasteiger partial charge on any atom is -0.462 e. The third kappa shape index (κ3) is 4.57. The molecule has 0 aromatic carbocycles. The molecule has 2 fully saturated rings. The molecule has 154 valence electrons. The van der Waals surface area contributed by atoms with E-state index in [1.54, 1.807) is 6.92 Å². The van der Waals surface area contributed by atoms with Gasteiger partial charge in [-0.3, -0.25) is 9.59 Å². The summed E-state index contributed by atoms with van der Waals surface area (Å²) in [4.78, 5) is 37.7. The van der Waals surface area contributed by atoms with Crippen LogP contribution in [0.4, 0.5) is 5.00 Å². The number of esters is 2. The standard InChI is InChI=1S/C21H29NO5S/c1-4-16-12(3)28-20(19(16)21(25)26-5-2)22-17(23)11-27-18(24)10-15-9-13-6-7-14(15)8-13/h13-15H,4-11H2,1-3H3,(H,22,23)/t13-,14-,15+/m1/s1. The van der Waals surface area contributed by atoms with Crippen molar-refractivity contribution in [1.29, 1.82) is 0 Å². The topological polar surface area (TPSA) is 81.7 Å². The molecular formula is C21H29NO5S. The molecule has 1 N–H and O–H groups in total. The fourth-order valence-corrected chi connectivity index (χ4v) is 5.87. The van der Waals surface area contributed by atoms with E-state index in [9.17, 15) is 14.4 Å². The summed E-state index contributed by atoms with van der Waals surface area (Å²) in [6, 6.07) is 0. The normalized spacial score (nSPS) is 22.9. The maximum Gasteiger partial charge on any atom is 0.341 e. The Labute approximate surface area is 170 Å². The fourth-order valence-electron chi connectivity index (χ4n) is 4.72. The Bertz CT molecular complexity index is 756. The summed E-state index contributed by atoms with van der Waals surface area (Å²) in [5.41, 5.74) is 1.29. The summed E-state index contributed by atoms with van der Waals surface area (Å²) in [5.74, 6) is 0.664. The lowest BCUT2D eigenvalue weighted by Crippen LogP contribution is -2.23. The summed E-state index contributed by atoms with van der Waals surface area (Å²) in [6.45, 7) is 5.56. The van der Waals surface area contributed by atoms with Crippen molar-refractivity contribution in [3.8, 4) is 0 Å². The van der Waals surface area contributed by atoms with Crippen LogP contribution in [0.1, 0.15) is 66.8 Å². The molecule has 1 aromatic heterocycles. The highest BCUT2D eigenvalue weighted by molar-refractivity contribution is 7.16. The molecule has 1 aromatic rings. The Morgan fingerprint density at radius 2 is 1.93 bits per heavy atom. The van der Waals surface area contributed by atoms with E-state index in [2.05, 4.69) is 5.32 Å². The molecule has 2 aliphatic rings. The van der Waals surface area contributed by atoms with Gasteiger partial charge >= 0.3 is 11.9 Å². The first-order valence-electron chi connectivity index (χ1n) is 10.2. The van der Waals surface area contributed by atoms with Crippen molar-refractivity contribution >= 4 is 34.2 Å². The second-order valence-electron chi connectivity index (χ2n) is 7.76. The first-order chi connectivity index (χ1) is 13.4. The molecule has 28 heavy (non-hydrogen) atoms. The van der Waals surface area contributed by atoms with E-state index in [1.165, 1.54) is 30.6 Å². The number of ether oxygens (including phenoxy) is 2. The van der Waals surface area contributed by atoms with Crippen molar-refractivity contribution in [2.24, 2.45) is 17.8 Å². The molecule has 2 bridgehead atoms. The van der Waals surface area contributed by atoms with Crippen LogP contribution >= 0.6 is 11.3 Å². The van der Waals surface area contributed by atoms with Gasteiger partial charge in [0.2, 0.25) is 0 Å². The number of anilines is 1. The largest absolute Gasteiger partial charge is 0.462 e. The Morgan fingerprint density at radius 1 is 1.14 bits per heavy atom. The molecule has 3 rings (SSSR count). The van der Waals surface area contributed by atoms with Crippen molar-refractivity contribution in [3.05, 3.63) is 16.0 Å². The SMILES string of the molecule is CCOC(=O)c1c(NC(=O)COC(=O)C[C@@H]2C[C@@H]3CC[C@@H]2C3)sc(C)c1CC. The predicted octanol–water partition coefficient (Wildman–Crippen LogP) is 4.10. The highest BCUT2D eigenvalue weighted by atomic mass is 32.1. The zero-order valence-corrected chi connectivity index (χ0v) is 17.7. The second-order valence-corrected chi connectivity index (χ2v) is 8.99. The molecule has 2 aliphatic carbocycles. The minimum absolute atomic E-state index is 0.269. The van der Waals surface area contributed by atoms with Crippen LogP contribution in [0.3, 0.4) is 0 Å². The Balaban J connectivity index is 1.54. The van der Waals surface area contributed by atoms with Gasteiger partial charge in [0.1, 0.15) is 5.00 Å². The monoisotopic (exact) mass is 407 g/mol. The van der Waals surface area contributed by atoms with E-state index in [0.29, 0.717) is 35.2 Å². The molecule has 2 saturated carbocycles. The Morgan fingerprint density at radius 3 is 2.54 bits per heavy atom. The quantitative estimate of drug-likeness (QED) is 0.656. The highest BCUT2D eigenvalue weighted by Crippen LogP contribution is 2.49. The Hall–Kier alpha value is -1.89. The average Bonchev–Trinajstić information content (AvgIpc) is 3.34. The molecule has 7 heteroatoms. The zero-order chi connectivity index (χ0) is 20.3. The second kappa shape index (κ2) is 9.07. The molecule has 0 saturated heterocycles. The van der Waals surface area contributed by atoms with E-state index in [0.717, 1.165) is 22.8 Å². The highest BCUT2D eigenvalue weighted by Gasteiger charge is 2.40. The van der Waals surface area contributed by atoms with Crippen LogP contribution < -0.4 is 5.32 Å². The maximum atomic E-state index is 12.3. The van der Waals surface area contributed by atoms with E-state index >= 15 is 0 Å². The first kappa shape index (κ1) is 20.8. The van der Waals surface area contributed by atoms with Crippen LogP contribution in [0.5, 0.6) is 0 Å². The number of hydrogen-bond donors (Lipinski definition) is 1. The number of rotatable bonds is 8. The number of fused-ring (bicyclic) bond motifs is 2. The third-order valence-corrected chi connectivity index (χ3v) is 7.04. The van der Waals surface area contributed by atoms with Crippen LogP contribution in [0.15, 0.2) is 0 Å². The van der Waals surface area contributed by atoms with Crippen molar-refractivity contribution in [2.75, 3.05) is 18.5 Å². The molecule has 0 radical (unpaired) electrons.